The van der Waals surface area contributed by atoms with E-state index in [1.807, 2.05) is 0 Å². The molecule has 2 nitrogen and oxygen atoms in total. The molecular weight excluding hydrogens is 258 g/mol. The van der Waals surface area contributed by atoms with Gasteiger partial charge in [-0.25, -0.2) is 18.7 Å². The molecule has 0 spiro atoms. The highest BCUT2D eigenvalue weighted by atomic mass is 19.1. The molecule has 3 rings (SSSR count). The Labute approximate surface area is 114 Å². The predicted molar refractivity (Wildman–Crippen MR) is 72.8 cm³/mol. The van der Waals surface area contributed by atoms with E-state index in [1.54, 1.807) is 42.5 Å². The fraction of sp³-hybridized carbons (Fsp3) is 0. The van der Waals surface area contributed by atoms with Gasteiger partial charge < -0.3 is 0 Å². The number of halogens is 2. The van der Waals surface area contributed by atoms with E-state index in [9.17, 15) is 8.78 Å². The Morgan fingerprint density at radius 2 is 1.30 bits per heavy atom. The number of hydrogen-bond donors (Lipinski definition) is 0. The number of hydrogen-bond acceptors (Lipinski definition) is 2. The third-order valence-electron chi connectivity index (χ3n) is 2.92. The van der Waals surface area contributed by atoms with Crippen molar-refractivity contribution in [2.45, 2.75) is 0 Å². The van der Waals surface area contributed by atoms with Crippen LogP contribution in [0.4, 0.5) is 8.78 Å². The zero-order valence-corrected chi connectivity index (χ0v) is 10.4. The minimum atomic E-state index is -0.404. The molecule has 20 heavy (non-hydrogen) atoms. The first kappa shape index (κ1) is 12.4. The maximum atomic E-state index is 13.8. The minimum Gasteiger partial charge on any atom is -0.236 e. The Kier molecular flexibility index (Phi) is 3.21. The molecule has 0 fully saturated rings. The van der Waals surface area contributed by atoms with Gasteiger partial charge in [-0.05, 0) is 30.3 Å². The first-order valence-corrected chi connectivity index (χ1v) is 6.08. The van der Waals surface area contributed by atoms with Gasteiger partial charge in [0.2, 0.25) is 0 Å². The van der Waals surface area contributed by atoms with E-state index in [0.717, 1.165) is 0 Å². The molecule has 2 aromatic carbocycles. The molecule has 1 aromatic heterocycles. The number of aromatic nitrogens is 2. The molecule has 0 atom stereocenters. The predicted octanol–water partition coefficient (Wildman–Crippen LogP) is 4.09. The molecule has 0 N–H and O–H groups in total. The summed E-state index contributed by atoms with van der Waals surface area (Å²) in [6.07, 6.45) is 1.50. The standard InChI is InChI=1S/C16H10F2N2/c17-13-7-3-1-5-11(13)15-9-10-19-16(20-15)12-6-2-4-8-14(12)18/h1-10H. The first-order valence-electron chi connectivity index (χ1n) is 6.08. The van der Waals surface area contributed by atoms with E-state index >= 15 is 0 Å². The average molecular weight is 268 g/mol. The summed E-state index contributed by atoms with van der Waals surface area (Å²) in [4.78, 5) is 8.30. The topological polar surface area (TPSA) is 25.8 Å². The number of benzene rings is 2. The van der Waals surface area contributed by atoms with Gasteiger partial charge in [0.15, 0.2) is 5.82 Å². The Morgan fingerprint density at radius 3 is 1.95 bits per heavy atom. The molecular formula is C16H10F2N2. The SMILES string of the molecule is Fc1ccccc1-c1ccnc(-c2ccccc2F)n1. The minimum absolute atomic E-state index is 0.240. The zero-order valence-electron chi connectivity index (χ0n) is 10.4. The van der Waals surface area contributed by atoms with Gasteiger partial charge in [0.05, 0.1) is 11.3 Å². The summed E-state index contributed by atoms with van der Waals surface area (Å²) in [7, 11) is 0. The van der Waals surface area contributed by atoms with Crippen molar-refractivity contribution in [3.05, 3.63) is 72.4 Å². The van der Waals surface area contributed by atoms with Crippen LogP contribution in [0.25, 0.3) is 22.6 Å². The molecule has 0 aliphatic rings. The van der Waals surface area contributed by atoms with E-state index < -0.39 is 5.82 Å². The van der Waals surface area contributed by atoms with Gasteiger partial charge in [0.25, 0.3) is 0 Å². The molecule has 0 saturated heterocycles. The fourth-order valence-electron chi connectivity index (χ4n) is 1.95. The van der Waals surface area contributed by atoms with Crippen molar-refractivity contribution in [1.29, 1.82) is 0 Å². The third kappa shape index (κ3) is 2.28. The fourth-order valence-corrected chi connectivity index (χ4v) is 1.95. The quantitative estimate of drug-likeness (QED) is 0.699. The van der Waals surface area contributed by atoms with Gasteiger partial charge in [-0.3, -0.25) is 0 Å². The molecule has 4 heteroatoms. The Morgan fingerprint density at radius 1 is 0.700 bits per heavy atom. The van der Waals surface area contributed by atoms with Crippen molar-refractivity contribution in [2.24, 2.45) is 0 Å². The van der Waals surface area contributed by atoms with Crippen LogP contribution >= 0.6 is 0 Å². The van der Waals surface area contributed by atoms with Crippen molar-refractivity contribution in [2.75, 3.05) is 0 Å². The monoisotopic (exact) mass is 268 g/mol. The molecule has 0 bridgehead atoms. The van der Waals surface area contributed by atoms with Crippen LogP contribution in [0.5, 0.6) is 0 Å². The van der Waals surface area contributed by atoms with E-state index in [-0.39, 0.29) is 11.6 Å². The highest BCUT2D eigenvalue weighted by molar-refractivity contribution is 5.64. The summed E-state index contributed by atoms with van der Waals surface area (Å²) in [5, 5.41) is 0. The maximum Gasteiger partial charge on any atom is 0.162 e. The van der Waals surface area contributed by atoms with Crippen LogP contribution in [0.15, 0.2) is 60.8 Å². The molecule has 3 aromatic rings. The summed E-state index contributed by atoms with van der Waals surface area (Å²) in [5.74, 6) is -0.535. The lowest BCUT2D eigenvalue weighted by Crippen LogP contribution is -1.95. The lowest BCUT2D eigenvalue weighted by Gasteiger charge is -2.05. The van der Waals surface area contributed by atoms with Crippen LogP contribution in [0.3, 0.4) is 0 Å². The van der Waals surface area contributed by atoms with E-state index in [1.165, 1.54) is 18.3 Å². The highest BCUT2D eigenvalue weighted by Crippen LogP contribution is 2.24. The van der Waals surface area contributed by atoms with Crippen LogP contribution in [-0.4, -0.2) is 9.97 Å². The van der Waals surface area contributed by atoms with Crippen LogP contribution in [0.2, 0.25) is 0 Å². The van der Waals surface area contributed by atoms with Crippen molar-refractivity contribution in [3.63, 3.8) is 0 Å². The molecule has 0 saturated carbocycles. The van der Waals surface area contributed by atoms with Crippen LogP contribution in [0.1, 0.15) is 0 Å². The molecule has 1 heterocycles. The molecule has 0 unspecified atom stereocenters. The lowest BCUT2D eigenvalue weighted by atomic mass is 10.1. The van der Waals surface area contributed by atoms with Crippen molar-refractivity contribution in [1.82, 2.24) is 9.97 Å². The summed E-state index contributed by atoms with van der Waals surface area (Å²) in [6.45, 7) is 0. The van der Waals surface area contributed by atoms with Gasteiger partial charge in [-0.1, -0.05) is 24.3 Å². The van der Waals surface area contributed by atoms with E-state index in [2.05, 4.69) is 9.97 Å². The molecule has 0 amide bonds. The summed E-state index contributed by atoms with van der Waals surface area (Å²) >= 11 is 0. The van der Waals surface area contributed by atoms with E-state index in [4.69, 9.17) is 0 Å². The van der Waals surface area contributed by atoms with Crippen LogP contribution in [-0.2, 0) is 0 Å². The van der Waals surface area contributed by atoms with Gasteiger partial charge in [0, 0.05) is 11.8 Å². The van der Waals surface area contributed by atoms with Crippen molar-refractivity contribution in [3.8, 4) is 22.6 Å². The number of nitrogens with zero attached hydrogens (tertiary/aromatic N) is 2. The van der Waals surface area contributed by atoms with E-state index in [0.29, 0.717) is 16.8 Å². The van der Waals surface area contributed by atoms with Crippen LogP contribution < -0.4 is 0 Å². The highest BCUT2D eigenvalue weighted by Gasteiger charge is 2.10. The molecule has 0 aliphatic heterocycles. The Hall–Kier alpha value is -2.62. The number of rotatable bonds is 2. The molecule has 98 valence electrons. The van der Waals surface area contributed by atoms with Crippen LogP contribution in [0, 0.1) is 11.6 Å². The summed E-state index contributed by atoms with van der Waals surface area (Å²) in [6, 6.07) is 14.2. The van der Waals surface area contributed by atoms with Gasteiger partial charge in [0.1, 0.15) is 11.6 Å². The lowest BCUT2D eigenvalue weighted by molar-refractivity contribution is 0.629. The zero-order chi connectivity index (χ0) is 13.9. The summed E-state index contributed by atoms with van der Waals surface area (Å²) < 4.78 is 27.5. The maximum absolute atomic E-state index is 13.8. The second-order valence-corrected chi connectivity index (χ2v) is 4.23. The normalized spacial score (nSPS) is 10.5. The summed E-state index contributed by atoms with van der Waals surface area (Å²) in [5.41, 5.74) is 1.09. The Bertz CT molecular complexity index is 696. The van der Waals surface area contributed by atoms with Gasteiger partial charge in [-0.15, -0.1) is 0 Å². The Balaban J connectivity index is 2.12. The second kappa shape index (κ2) is 5.17. The van der Waals surface area contributed by atoms with Crippen molar-refractivity contribution < 1.29 is 8.78 Å². The third-order valence-corrected chi connectivity index (χ3v) is 2.92. The molecule has 0 aliphatic carbocycles. The smallest absolute Gasteiger partial charge is 0.162 e. The van der Waals surface area contributed by atoms with Crippen molar-refractivity contribution >= 4 is 0 Å². The second-order valence-electron chi connectivity index (χ2n) is 4.23. The average Bonchev–Trinajstić information content (AvgIpc) is 2.48. The van der Waals surface area contributed by atoms with Gasteiger partial charge in [-0.2, -0.15) is 0 Å². The molecule has 0 radical (unpaired) electrons. The largest absolute Gasteiger partial charge is 0.236 e. The van der Waals surface area contributed by atoms with Gasteiger partial charge >= 0.3 is 0 Å². The first-order chi connectivity index (χ1) is 9.75.